The minimum atomic E-state index is -0.793. The number of carbonyl (C=O) groups is 2. The summed E-state index contributed by atoms with van der Waals surface area (Å²) >= 11 is 6.79. The molecule has 2 fully saturated rings. The van der Waals surface area contributed by atoms with E-state index in [1.165, 1.54) is 0 Å². The van der Waals surface area contributed by atoms with E-state index in [-0.39, 0.29) is 11.5 Å². The molecule has 0 bridgehead atoms. The lowest BCUT2D eigenvalue weighted by atomic mass is 9.73. The summed E-state index contributed by atoms with van der Waals surface area (Å²) in [7, 11) is 0. The number of rotatable bonds is 5. The number of hydrogen-bond donors (Lipinski definition) is 2. The van der Waals surface area contributed by atoms with E-state index in [4.69, 9.17) is 27.1 Å². The summed E-state index contributed by atoms with van der Waals surface area (Å²) in [5.41, 5.74) is 8.21. The Labute approximate surface area is 226 Å². The number of amides is 2. The van der Waals surface area contributed by atoms with E-state index < -0.39 is 11.3 Å². The van der Waals surface area contributed by atoms with Crippen molar-refractivity contribution < 1.29 is 14.3 Å². The second-order valence-electron chi connectivity index (χ2n) is 10.7. The van der Waals surface area contributed by atoms with Gasteiger partial charge < -0.3 is 20.3 Å². The number of hydrogen-bond acceptors (Lipinski definition) is 7. The predicted octanol–water partition coefficient (Wildman–Crippen LogP) is 1.62. The first-order valence-corrected chi connectivity index (χ1v) is 13.9. The van der Waals surface area contributed by atoms with Crippen LogP contribution in [0.1, 0.15) is 52.9 Å². The van der Waals surface area contributed by atoms with Crippen LogP contribution in [0.15, 0.2) is 16.9 Å². The summed E-state index contributed by atoms with van der Waals surface area (Å²) in [6.07, 6.45) is 4.73. The van der Waals surface area contributed by atoms with E-state index in [9.17, 15) is 14.4 Å². The Morgan fingerprint density at radius 1 is 1.08 bits per heavy atom. The number of primary amides is 1. The number of nitrogens with zero attached hydrogens (tertiary/aromatic N) is 4. The molecule has 11 heteroatoms. The fraction of sp³-hybridized carbons (Fsp3) is 0.556. The highest BCUT2D eigenvalue weighted by Crippen LogP contribution is 2.51. The van der Waals surface area contributed by atoms with Gasteiger partial charge in [0.1, 0.15) is 0 Å². The Balaban J connectivity index is 1.29. The highest BCUT2D eigenvalue weighted by atomic mass is 35.5. The first-order chi connectivity index (χ1) is 18.4. The molecule has 1 aromatic carbocycles. The Morgan fingerprint density at radius 3 is 2.55 bits per heavy atom. The van der Waals surface area contributed by atoms with Gasteiger partial charge in [0.2, 0.25) is 17.8 Å². The summed E-state index contributed by atoms with van der Waals surface area (Å²) in [6.45, 7) is 5.31. The van der Waals surface area contributed by atoms with Crippen molar-refractivity contribution in [2.24, 2.45) is 5.73 Å². The van der Waals surface area contributed by atoms with E-state index in [1.807, 2.05) is 0 Å². The van der Waals surface area contributed by atoms with Crippen molar-refractivity contribution in [1.29, 1.82) is 0 Å². The number of carbonyl (C=O) groups excluding carboxylic acids is 2. The van der Waals surface area contributed by atoms with Crippen molar-refractivity contribution in [3.8, 4) is 0 Å². The van der Waals surface area contributed by atoms with Crippen molar-refractivity contribution in [3.63, 3.8) is 0 Å². The average molecular weight is 541 g/mol. The van der Waals surface area contributed by atoms with E-state index in [0.29, 0.717) is 74.5 Å². The number of nitrogens with one attached hydrogen (secondary N) is 1. The van der Waals surface area contributed by atoms with Crippen LogP contribution in [0.2, 0.25) is 5.02 Å². The first kappa shape index (κ1) is 25.3. The maximum Gasteiger partial charge on any atom is 0.255 e. The highest BCUT2D eigenvalue weighted by Gasteiger charge is 2.53. The largest absolute Gasteiger partial charge is 0.379 e. The number of fused-ring (bicyclic) bond motifs is 3. The molecule has 38 heavy (non-hydrogen) atoms. The Kier molecular flexibility index (Phi) is 6.65. The monoisotopic (exact) mass is 540 g/mol. The molecule has 6 rings (SSSR count). The number of nitrogens with two attached hydrogens (primary N) is 1. The number of aryl methyl sites for hydroxylation is 1. The van der Waals surface area contributed by atoms with Crippen molar-refractivity contribution >= 4 is 35.1 Å². The maximum atomic E-state index is 14.2. The van der Waals surface area contributed by atoms with Crippen LogP contribution in [0.3, 0.4) is 0 Å². The quantitative estimate of drug-likeness (QED) is 0.590. The zero-order chi connectivity index (χ0) is 26.4. The molecule has 10 nitrogen and oxygen atoms in total. The van der Waals surface area contributed by atoms with Crippen LogP contribution in [-0.2, 0) is 27.8 Å². The molecule has 0 saturated carbocycles. The predicted molar refractivity (Wildman–Crippen MR) is 144 cm³/mol. The number of morpholine rings is 1. The molecule has 3 aliphatic heterocycles. The van der Waals surface area contributed by atoms with Crippen LogP contribution in [0.4, 0.5) is 11.6 Å². The van der Waals surface area contributed by atoms with Gasteiger partial charge in [-0.05, 0) is 50.7 Å². The maximum absolute atomic E-state index is 14.2. The second-order valence-corrected chi connectivity index (χ2v) is 11.1. The van der Waals surface area contributed by atoms with E-state index >= 15 is 0 Å². The fourth-order valence-electron chi connectivity index (χ4n) is 6.49. The molecule has 1 aromatic heterocycles. The van der Waals surface area contributed by atoms with Crippen LogP contribution in [-0.4, -0.2) is 79.2 Å². The van der Waals surface area contributed by atoms with Crippen LogP contribution in [0.5, 0.6) is 0 Å². The van der Waals surface area contributed by atoms with Crippen molar-refractivity contribution in [3.05, 3.63) is 49.9 Å². The SMILES string of the molecule is NC(=O)c1cc(Cl)c2c(c1)N(CCN1CCOCC1)C(=O)C21CCN(c2nc3c(c(=O)[nH]2)CCCC3)CC1. The third kappa shape index (κ3) is 4.28. The molecule has 2 amide bonds. The molecule has 0 radical (unpaired) electrons. The topological polar surface area (TPSA) is 125 Å². The third-order valence-electron chi connectivity index (χ3n) is 8.62. The van der Waals surface area contributed by atoms with Crippen LogP contribution < -0.4 is 21.1 Å². The van der Waals surface area contributed by atoms with Gasteiger partial charge in [-0.25, -0.2) is 4.98 Å². The molecule has 4 heterocycles. The molecule has 1 aliphatic carbocycles. The number of benzene rings is 1. The van der Waals surface area contributed by atoms with E-state index in [1.54, 1.807) is 17.0 Å². The molecule has 0 atom stereocenters. The number of ether oxygens (including phenoxy) is 1. The number of H-pyrrole nitrogens is 1. The van der Waals surface area contributed by atoms with Crippen molar-refractivity contribution in [2.45, 2.75) is 43.9 Å². The van der Waals surface area contributed by atoms with Gasteiger partial charge in [-0.2, -0.15) is 0 Å². The molecule has 0 unspecified atom stereocenters. The van der Waals surface area contributed by atoms with Crippen LogP contribution in [0.25, 0.3) is 0 Å². The fourth-order valence-corrected chi connectivity index (χ4v) is 6.88. The number of anilines is 2. The van der Waals surface area contributed by atoms with Crippen molar-refractivity contribution in [2.75, 3.05) is 62.3 Å². The van der Waals surface area contributed by atoms with Crippen LogP contribution in [0, 0.1) is 0 Å². The van der Waals surface area contributed by atoms with Gasteiger partial charge in [-0.15, -0.1) is 0 Å². The number of aromatic amines is 1. The Hall–Kier alpha value is -2.95. The first-order valence-electron chi connectivity index (χ1n) is 13.5. The normalized spacial score (nSPS) is 21.0. The Morgan fingerprint density at radius 2 is 1.82 bits per heavy atom. The minimum Gasteiger partial charge on any atom is -0.379 e. The molecule has 202 valence electrons. The van der Waals surface area contributed by atoms with Gasteiger partial charge >= 0.3 is 0 Å². The lowest BCUT2D eigenvalue weighted by molar-refractivity contribution is -0.124. The summed E-state index contributed by atoms with van der Waals surface area (Å²) in [5.74, 6) is 0.0137. The molecule has 2 saturated heterocycles. The number of halogens is 1. The summed E-state index contributed by atoms with van der Waals surface area (Å²) in [4.78, 5) is 52.8. The molecule has 4 aliphatic rings. The molecule has 3 N–H and O–H groups in total. The van der Waals surface area contributed by atoms with Crippen LogP contribution >= 0.6 is 11.6 Å². The van der Waals surface area contributed by atoms with Gasteiger partial charge in [-0.1, -0.05) is 11.6 Å². The standard InChI is InChI=1S/C27H33ClN6O4/c28-19-15-17(23(29)35)16-21-22(19)27(25(37)34(21)10-9-32-11-13-38-14-12-32)5-7-33(8-6-27)26-30-20-4-2-1-3-18(20)24(36)31-26/h15-16H,1-14H2,(H2,29,35)(H,30,31,36). The molecular formula is C27H33ClN6O4. The van der Waals surface area contributed by atoms with Gasteiger partial charge in [-0.3, -0.25) is 24.3 Å². The van der Waals surface area contributed by atoms with E-state index in [2.05, 4.69) is 14.8 Å². The summed E-state index contributed by atoms with van der Waals surface area (Å²) in [5, 5.41) is 0.396. The average Bonchev–Trinajstić information content (AvgIpc) is 3.15. The number of aromatic nitrogens is 2. The van der Waals surface area contributed by atoms with Gasteiger partial charge in [0, 0.05) is 61.0 Å². The lowest BCUT2D eigenvalue weighted by Gasteiger charge is -2.39. The van der Waals surface area contributed by atoms with Gasteiger partial charge in [0.05, 0.1) is 30.0 Å². The summed E-state index contributed by atoms with van der Waals surface area (Å²) in [6, 6.07) is 3.29. The molecular weight excluding hydrogens is 508 g/mol. The minimum absolute atomic E-state index is 0.0100. The zero-order valence-electron chi connectivity index (χ0n) is 21.4. The molecule has 2 aromatic rings. The van der Waals surface area contributed by atoms with Crippen molar-refractivity contribution in [1.82, 2.24) is 14.9 Å². The lowest BCUT2D eigenvalue weighted by Crippen LogP contribution is -2.50. The number of piperidine rings is 1. The highest BCUT2D eigenvalue weighted by molar-refractivity contribution is 6.33. The molecule has 1 spiro atoms. The van der Waals surface area contributed by atoms with Gasteiger partial charge in [0.15, 0.2) is 0 Å². The Bertz CT molecular complexity index is 1330. The third-order valence-corrected chi connectivity index (χ3v) is 8.91. The second kappa shape index (κ2) is 9.98. The smallest absolute Gasteiger partial charge is 0.255 e. The summed E-state index contributed by atoms with van der Waals surface area (Å²) < 4.78 is 5.46. The zero-order valence-corrected chi connectivity index (χ0v) is 22.2. The van der Waals surface area contributed by atoms with Gasteiger partial charge in [0.25, 0.3) is 5.56 Å². The van der Waals surface area contributed by atoms with E-state index in [0.717, 1.165) is 55.6 Å².